The summed E-state index contributed by atoms with van der Waals surface area (Å²) in [5.74, 6) is -9.13. The quantitative estimate of drug-likeness (QED) is 0.508. The third-order valence-electron chi connectivity index (χ3n) is 2.86. The molecule has 0 aliphatic carbocycles. The van der Waals surface area contributed by atoms with Crippen molar-refractivity contribution in [2.24, 2.45) is 0 Å². The van der Waals surface area contributed by atoms with Gasteiger partial charge in [0.2, 0.25) is 11.8 Å². The number of amides is 2. The smallest absolute Gasteiger partial charge is 0.233 e. The maximum atomic E-state index is 13.4. The third-order valence-corrected chi connectivity index (χ3v) is 2.86. The highest BCUT2D eigenvalue weighted by Gasteiger charge is 2.18. The topological polar surface area (TPSA) is 58.2 Å². The zero-order chi connectivity index (χ0) is 17.9. The van der Waals surface area contributed by atoms with E-state index in [4.69, 9.17) is 0 Å². The molecule has 4 nitrogen and oxygen atoms in total. The first kappa shape index (κ1) is 17.4. The number of halogens is 5. The lowest BCUT2D eigenvalue weighted by Gasteiger charge is -2.09. The summed E-state index contributed by atoms with van der Waals surface area (Å²) in [6, 6.07) is 4.23. The van der Waals surface area contributed by atoms with Gasteiger partial charge in [-0.25, -0.2) is 22.0 Å². The summed E-state index contributed by atoms with van der Waals surface area (Å²) in [6.07, 6.45) is -0.924. The van der Waals surface area contributed by atoms with Gasteiger partial charge in [-0.1, -0.05) is 6.07 Å². The van der Waals surface area contributed by atoms with Crippen LogP contribution < -0.4 is 10.6 Å². The lowest BCUT2D eigenvalue weighted by Crippen LogP contribution is -2.23. The molecule has 2 amide bonds. The first-order valence-corrected chi connectivity index (χ1v) is 6.46. The van der Waals surface area contributed by atoms with Gasteiger partial charge in [0.05, 0.1) is 5.69 Å². The second-order valence-electron chi connectivity index (χ2n) is 4.59. The van der Waals surface area contributed by atoms with Crippen LogP contribution in [0.15, 0.2) is 30.3 Å². The Bertz CT molecular complexity index is 790. The van der Waals surface area contributed by atoms with Crippen LogP contribution in [0.2, 0.25) is 0 Å². The van der Waals surface area contributed by atoms with E-state index in [1.165, 1.54) is 0 Å². The Balaban J connectivity index is 2.02. The van der Waals surface area contributed by atoms with E-state index in [0.29, 0.717) is 6.07 Å². The van der Waals surface area contributed by atoms with Gasteiger partial charge >= 0.3 is 0 Å². The van der Waals surface area contributed by atoms with Crippen LogP contribution in [0.25, 0.3) is 0 Å². The molecular formula is C15H9F5N2O2. The first-order valence-electron chi connectivity index (χ1n) is 6.46. The number of hydrogen-bond acceptors (Lipinski definition) is 2. The number of hydrogen-bond donors (Lipinski definition) is 2. The van der Waals surface area contributed by atoms with E-state index in [9.17, 15) is 31.5 Å². The van der Waals surface area contributed by atoms with Gasteiger partial charge in [0.25, 0.3) is 0 Å². The Kier molecular flexibility index (Phi) is 5.12. The second kappa shape index (κ2) is 7.07. The van der Waals surface area contributed by atoms with E-state index >= 15 is 0 Å². The zero-order valence-electron chi connectivity index (χ0n) is 11.8. The number of para-hydroxylation sites is 1. The van der Waals surface area contributed by atoms with Crippen LogP contribution in [-0.4, -0.2) is 11.8 Å². The minimum atomic E-state index is -1.79. The summed E-state index contributed by atoms with van der Waals surface area (Å²) in [4.78, 5) is 23.2. The van der Waals surface area contributed by atoms with Crippen LogP contribution in [0.5, 0.6) is 0 Å². The molecule has 0 fully saturated rings. The number of nitrogens with one attached hydrogen (secondary N) is 2. The normalized spacial score (nSPS) is 10.4. The molecule has 0 heterocycles. The van der Waals surface area contributed by atoms with Crippen molar-refractivity contribution in [3.8, 4) is 0 Å². The molecule has 2 aromatic carbocycles. The fourth-order valence-electron chi connectivity index (χ4n) is 1.76. The lowest BCUT2D eigenvalue weighted by molar-refractivity contribution is -0.123. The first-order chi connectivity index (χ1) is 11.3. The predicted octanol–water partition coefficient (Wildman–Crippen LogP) is 3.35. The molecule has 2 rings (SSSR count). The average molecular weight is 344 g/mol. The molecule has 0 aliphatic rings. The summed E-state index contributed by atoms with van der Waals surface area (Å²) >= 11 is 0. The van der Waals surface area contributed by atoms with Crippen molar-refractivity contribution in [1.29, 1.82) is 0 Å². The Morgan fingerprint density at radius 3 is 1.96 bits per heavy atom. The van der Waals surface area contributed by atoms with Gasteiger partial charge in [0, 0.05) is 0 Å². The van der Waals surface area contributed by atoms with Crippen LogP contribution >= 0.6 is 0 Å². The molecule has 0 atom stereocenters. The minimum absolute atomic E-state index is 0.586. The van der Waals surface area contributed by atoms with Gasteiger partial charge in [0.15, 0.2) is 17.5 Å². The van der Waals surface area contributed by atoms with Crippen molar-refractivity contribution in [2.45, 2.75) is 6.42 Å². The van der Waals surface area contributed by atoms with Crippen molar-refractivity contribution >= 4 is 23.2 Å². The molecule has 0 aliphatic heterocycles. The average Bonchev–Trinajstić information content (AvgIpc) is 2.51. The Morgan fingerprint density at radius 2 is 1.33 bits per heavy atom. The molecule has 0 unspecified atom stereocenters. The van der Waals surface area contributed by atoms with Crippen molar-refractivity contribution in [2.75, 3.05) is 10.6 Å². The van der Waals surface area contributed by atoms with Crippen LogP contribution in [0.4, 0.5) is 33.3 Å². The summed E-state index contributed by atoms with van der Waals surface area (Å²) in [5, 5.41) is 3.71. The van der Waals surface area contributed by atoms with Crippen LogP contribution in [0, 0.1) is 29.1 Å². The van der Waals surface area contributed by atoms with E-state index in [-0.39, 0.29) is 0 Å². The molecule has 24 heavy (non-hydrogen) atoms. The maximum Gasteiger partial charge on any atom is 0.233 e. The molecule has 0 bridgehead atoms. The molecule has 0 saturated carbocycles. The maximum absolute atomic E-state index is 13.4. The molecule has 0 saturated heterocycles. The van der Waals surface area contributed by atoms with E-state index < -0.39 is 58.7 Å². The van der Waals surface area contributed by atoms with E-state index in [1.54, 1.807) is 0 Å². The molecule has 126 valence electrons. The predicted molar refractivity (Wildman–Crippen MR) is 74.6 cm³/mol. The number of rotatable bonds is 4. The summed E-state index contributed by atoms with van der Waals surface area (Å²) in [5.41, 5.74) is -1.42. The fraction of sp³-hybridized carbons (Fsp3) is 0.0667. The number of carbonyl (C=O) groups excluding carboxylic acids is 2. The molecule has 0 radical (unpaired) electrons. The van der Waals surface area contributed by atoms with E-state index in [2.05, 4.69) is 0 Å². The van der Waals surface area contributed by atoms with Crippen molar-refractivity contribution < 1.29 is 31.5 Å². The van der Waals surface area contributed by atoms with E-state index in [0.717, 1.165) is 24.3 Å². The van der Waals surface area contributed by atoms with Crippen molar-refractivity contribution in [1.82, 2.24) is 0 Å². The summed E-state index contributed by atoms with van der Waals surface area (Å²) in [6.45, 7) is 0. The van der Waals surface area contributed by atoms with Gasteiger partial charge in [-0.3, -0.25) is 9.59 Å². The van der Waals surface area contributed by atoms with Gasteiger partial charge in [-0.05, 0) is 24.3 Å². The van der Waals surface area contributed by atoms with Crippen LogP contribution in [-0.2, 0) is 9.59 Å². The number of benzene rings is 2. The molecule has 0 spiro atoms. The highest BCUT2D eigenvalue weighted by molar-refractivity contribution is 6.08. The van der Waals surface area contributed by atoms with Gasteiger partial charge < -0.3 is 10.6 Å². The van der Waals surface area contributed by atoms with Gasteiger partial charge in [-0.15, -0.1) is 0 Å². The van der Waals surface area contributed by atoms with Crippen LogP contribution in [0.1, 0.15) is 6.42 Å². The standard InChI is InChI=1S/C15H9F5N2O2/c16-7-4-5-10(14(20)13(7)19)21-11(23)6-12(24)22-15-8(17)2-1-3-9(15)18/h1-5H,6H2,(H,21,23)(H,22,24). The molecule has 9 heteroatoms. The molecule has 0 aromatic heterocycles. The molecular weight excluding hydrogens is 335 g/mol. The zero-order valence-corrected chi connectivity index (χ0v) is 11.8. The van der Waals surface area contributed by atoms with E-state index in [1.807, 2.05) is 10.6 Å². The largest absolute Gasteiger partial charge is 0.323 e. The van der Waals surface area contributed by atoms with Crippen molar-refractivity contribution in [3.05, 3.63) is 59.4 Å². The van der Waals surface area contributed by atoms with Gasteiger partial charge in [-0.2, -0.15) is 0 Å². The Morgan fingerprint density at radius 1 is 0.750 bits per heavy atom. The Labute approximate surface area is 132 Å². The molecule has 2 N–H and O–H groups in total. The van der Waals surface area contributed by atoms with Crippen LogP contribution in [0.3, 0.4) is 0 Å². The SMILES string of the molecule is O=C(CC(=O)Nc1c(F)cccc1F)Nc1ccc(F)c(F)c1F. The summed E-state index contributed by atoms with van der Waals surface area (Å²) < 4.78 is 65.9. The fourth-order valence-corrected chi connectivity index (χ4v) is 1.76. The Hall–Kier alpha value is -2.97. The number of carbonyl (C=O) groups is 2. The van der Waals surface area contributed by atoms with Crippen molar-refractivity contribution in [3.63, 3.8) is 0 Å². The number of anilines is 2. The highest BCUT2D eigenvalue weighted by atomic mass is 19.2. The second-order valence-corrected chi connectivity index (χ2v) is 4.59. The highest BCUT2D eigenvalue weighted by Crippen LogP contribution is 2.20. The monoisotopic (exact) mass is 344 g/mol. The minimum Gasteiger partial charge on any atom is -0.323 e. The molecule has 2 aromatic rings. The third kappa shape index (κ3) is 3.86. The lowest BCUT2D eigenvalue weighted by atomic mass is 10.2. The van der Waals surface area contributed by atoms with Gasteiger partial charge in [0.1, 0.15) is 23.7 Å². The summed E-state index contributed by atoms with van der Waals surface area (Å²) in [7, 11) is 0.